The van der Waals surface area contributed by atoms with Crippen LogP contribution in [0.4, 0.5) is 0 Å². The molecule has 0 aliphatic carbocycles. The number of esters is 1. The lowest BCUT2D eigenvalue weighted by Gasteiger charge is -2.09. The fraction of sp³-hybridized carbons (Fsp3) is 0.222. The fourth-order valence-electron chi connectivity index (χ4n) is 2.10. The second-order valence-corrected chi connectivity index (χ2v) is 4.99. The standard InChI is InChI=1S/C18H19NO5/c1-19-17(20)15-8-14(12-24-22-2)9-16(10-15)18(21)23-11-13-6-4-3-5-7-13/h3-10H,11-12H2,1-2H3,(H,19,20). The summed E-state index contributed by atoms with van der Waals surface area (Å²) in [4.78, 5) is 33.6. The van der Waals surface area contributed by atoms with Gasteiger partial charge in [-0.1, -0.05) is 30.3 Å². The van der Waals surface area contributed by atoms with Crippen molar-refractivity contribution in [1.29, 1.82) is 0 Å². The normalized spacial score (nSPS) is 10.2. The molecule has 2 aromatic carbocycles. The summed E-state index contributed by atoms with van der Waals surface area (Å²) in [5.41, 5.74) is 2.14. The molecule has 0 fully saturated rings. The molecule has 0 unspecified atom stereocenters. The van der Waals surface area contributed by atoms with Gasteiger partial charge in [-0.05, 0) is 29.3 Å². The van der Waals surface area contributed by atoms with E-state index in [0.717, 1.165) is 5.56 Å². The summed E-state index contributed by atoms with van der Waals surface area (Å²) in [6, 6.07) is 14.1. The average Bonchev–Trinajstić information content (AvgIpc) is 2.64. The van der Waals surface area contributed by atoms with E-state index in [9.17, 15) is 9.59 Å². The largest absolute Gasteiger partial charge is 0.457 e. The highest BCUT2D eigenvalue weighted by Crippen LogP contribution is 2.14. The zero-order chi connectivity index (χ0) is 17.4. The van der Waals surface area contributed by atoms with Gasteiger partial charge in [0.1, 0.15) is 13.2 Å². The quantitative estimate of drug-likeness (QED) is 0.480. The molecule has 0 heterocycles. The van der Waals surface area contributed by atoms with Crippen LogP contribution in [0.15, 0.2) is 48.5 Å². The average molecular weight is 329 g/mol. The minimum absolute atomic E-state index is 0.111. The molecule has 1 amide bonds. The molecule has 1 N–H and O–H groups in total. The lowest BCUT2D eigenvalue weighted by molar-refractivity contribution is -0.282. The van der Waals surface area contributed by atoms with Gasteiger partial charge in [-0.3, -0.25) is 4.79 Å². The summed E-state index contributed by atoms with van der Waals surface area (Å²) in [6.45, 7) is 0.272. The first kappa shape index (κ1) is 17.7. The van der Waals surface area contributed by atoms with Gasteiger partial charge in [0.05, 0.1) is 12.7 Å². The molecule has 2 aromatic rings. The minimum atomic E-state index is -0.511. The van der Waals surface area contributed by atoms with Gasteiger partial charge >= 0.3 is 5.97 Å². The Morgan fingerprint density at radius 1 is 0.958 bits per heavy atom. The Hall–Kier alpha value is -2.70. The highest BCUT2D eigenvalue weighted by Gasteiger charge is 2.14. The fourth-order valence-corrected chi connectivity index (χ4v) is 2.10. The van der Waals surface area contributed by atoms with Crippen molar-refractivity contribution in [2.45, 2.75) is 13.2 Å². The van der Waals surface area contributed by atoms with Crippen LogP contribution < -0.4 is 5.32 Å². The maximum absolute atomic E-state index is 12.3. The highest BCUT2D eigenvalue weighted by atomic mass is 17.2. The van der Waals surface area contributed by atoms with E-state index < -0.39 is 5.97 Å². The molecule has 6 heteroatoms. The molecule has 0 spiro atoms. The Morgan fingerprint density at radius 2 is 1.67 bits per heavy atom. The van der Waals surface area contributed by atoms with Crippen LogP contribution in [0.3, 0.4) is 0 Å². The number of hydrogen-bond donors (Lipinski definition) is 1. The first-order valence-corrected chi connectivity index (χ1v) is 7.36. The maximum Gasteiger partial charge on any atom is 0.338 e. The number of hydrogen-bond acceptors (Lipinski definition) is 5. The Labute approximate surface area is 140 Å². The van der Waals surface area contributed by atoms with Crippen molar-refractivity contribution in [2.75, 3.05) is 14.2 Å². The number of benzene rings is 2. The second kappa shape index (κ2) is 8.81. The Balaban J connectivity index is 2.16. The predicted octanol–water partition coefficient (Wildman–Crippen LogP) is 2.48. The SMILES string of the molecule is CNC(=O)c1cc(COOC)cc(C(=O)OCc2ccccc2)c1. The molecule has 0 aliphatic rings. The topological polar surface area (TPSA) is 73.9 Å². The van der Waals surface area contributed by atoms with Crippen molar-refractivity contribution in [1.82, 2.24) is 5.32 Å². The molecule has 0 bridgehead atoms. The zero-order valence-electron chi connectivity index (χ0n) is 13.6. The molecule has 0 atom stereocenters. The molecule has 2 rings (SSSR count). The van der Waals surface area contributed by atoms with Crippen LogP contribution in [-0.2, 0) is 27.7 Å². The van der Waals surface area contributed by atoms with Crippen LogP contribution in [0.25, 0.3) is 0 Å². The highest BCUT2D eigenvalue weighted by molar-refractivity contribution is 5.98. The molecule has 0 aliphatic heterocycles. The van der Waals surface area contributed by atoms with Gasteiger partial charge in [0, 0.05) is 12.6 Å². The Bertz CT molecular complexity index is 700. The van der Waals surface area contributed by atoms with Gasteiger partial charge in [0.2, 0.25) is 0 Å². The van der Waals surface area contributed by atoms with E-state index in [2.05, 4.69) is 10.2 Å². The minimum Gasteiger partial charge on any atom is -0.457 e. The first-order chi connectivity index (χ1) is 11.6. The molecular weight excluding hydrogens is 310 g/mol. The summed E-state index contributed by atoms with van der Waals surface area (Å²) in [5, 5.41) is 2.53. The van der Waals surface area contributed by atoms with E-state index in [1.54, 1.807) is 12.1 Å². The molecule has 126 valence electrons. The van der Waals surface area contributed by atoms with Crippen LogP contribution in [0.5, 0.6) is 0 Å². The van der Waals surface area contributed by atoms with Crippen LogP contribution in [0.1, 0.15) is 31.8 Å². The van der Waals surface area contributed by atoms with E-state index in [1.165, 1.54) is 20.2 Å². The Kier molecular flexibility index (Phi) is 6.48. The molecular formula is C18H19NO5. The number of ether oxygens (including phenoxy) is 1. The lowest BCUT2D eigenvalue weighted by Crippen LogP contribution is -2.19. The third-order valence-corrected chi connectivity index (χ3v) is 3.27. The molecule has 6 nitrogen and oxygen atoms in total. The lowest BCUT2D eigenvalue weighted by atomic mass is 10.1. The van der Waals surface area contributed by atoms with Crippen molar-refractivity contribution >= 4 is 11.9 Å². The van der Waals surface area contributed by atoms with E-state index in [1.807, 2.05) is 30.3 Å². The van der Waals surface area contributed by atoms with E-state index in [4.69, 9.17) is 9.62 Å². The summed E-state index contributed by atoms with van der Waals surface area (Å²) in [6.07, 6.45) is 0. The molecule has 0 aromatic heterocycles. The van der Waals surface area contributed by atoms with Gasteiger partial charge in [0.25, 0.3) is 5.91 Å². The second-order valence-electron chi connectivity index (χ2n) is 4.99. The Morgan fingerprint density at radius 3 is 2.33 bits per heavy atom. The number of nitrogens with one attached hydrogen (secondary N) is 1. The van der Waals surface area contributed by atoms with Crippen molar-refractivity contribution in [3.8, 4) is 0 Å². The number of amides is 1. The molecule has 0 radical (unpaired) electrons. The van der Waals surface area contributed by atoms with Gasteiger partial charge in [-0.25, -0.2) is 14.6 Å². The van der Waals surface area contributed by atoms with E-state index in [-0.39, 0.29) is 24.7 Å². The monoisotopic (exact) mass is 329 g/mol. The maximum atomic E-state index is 12.3. The first-order valence-electron chi connectivity index (χ1n) is 7.36. The van der Waals surface area contributed by atoms with Gasteiger partial charge in [-0.2, -0.15) is 0 Å². The van der Waals surface area contributed by atoms with Crippen molar-refractivity contribution in [2.24, 2.45) is 0 Å². The number of carbonyl (C=O) groups is 2. The van der Waals surface area contributed by atoms with Crippen LogP contribution in [0, 0.1) is 0 Å². The summed E-state index contributed by atoms with van der Waals surface area (Å²) < 4.78 is 5.30. The van der Waals surface area contributed by atoms with Crippen molar-refractivity contribution in [3.63, 3.8) is 0 Å². The van der Waals surface area contributed by atoms with Crippen molar-refractivity contribution in [3.05, 3.63) is 70.8 Å². The van der Waals surface area contributed by atoms with Crippen molar-refractivity contribution < 1.29 is 24.1 Å². The van der Waals surface area contributed by atoms with E-state index >= 15 is 0 Å². The number of rotatable bonds is 7. The zero-order valence-corrected chi connectivity index (χ0v) is 13.6. The summed E-state index contributed by atoms with van der Waals surface area (Å²) in [5.74, 6) is -0.811. The molecule has 0 saturated heterocycles. The smallest absolute Gasteiger partial charge is 0.338 e. The van der Waals surface area contributed by atoms with Gasteiger partial charge < -0.3 is 10.1 Å². The summed E-state index contributed by atoms with van der Waals surface area (Å²) >= 11 is 0. The van der Waals surface area contributed by atoms with Crippen LogP contribution in [0.2, 0.25) is 0 Å². The molecule has 24 heavy (non-hydrogen) atoms. The summed E-state index contributed by atoms with van der Waals surface area (Å²) in [7, 11) is 2.91. The number of carbonyl (C=O) groups excluding carboxylic acids is 2. The van der Waals surface area contributed by atoms with Crippen LogP contribution in [-0.4, -0.2) is 26.0 Å². The molecule has 0 saturated carbocycles. The van der Waals surface area contributed by atoms with Gasteiger partial charge in [0.15, 0.2) is 0 Å². The van der Waals surface area contributed by atoms with E-state index in [0.29, 0.717) is 11.1 Å². The van der Waals surface area contributed by atoms with Gasteiger partial charge in [-0.15, -0.1) is 0 Å². The van der Waals surface area contributed by atoms with Crippen LogP contribution >= 0.6 is 0 Å². The third-order valence-electron chi connectivity index (χ3n) is 3.27. The predicted molar refractivity (Wildman–Crippen MR) is 87.2 cm³/mol. The third kappa shape index (κ3) is 4.91.